The Morgan fingerprint density at radius 2 is 1.55 bits per heavy atom. The number of hydrogen-bond acceptors (Lipinski definition) is 3. The maximum Gasteiger partial charge on any atom is 0.226 e. The van der Waals surface area contributed by atoms with Gasteiger partial charge in [0.05, 0.1) is 5.69 Å². The highest BCUT2D eigenvalue weighted by atomic mass is 16.4. The predicted octanol–water partition coefficient (Wildman–Crippen LogP) is 4.55. The molecule has 112 valence electrons. The number of aliphatic hydroxyl groups is 1. The third-order valence-electron chi connectivity index (χ3n) is 2.54. The van der Waals surface area contributed by atoms with Crippen LogP contribution < -0.4 is 0 Å². The van der Waals surface area contributed by atoms with E-state index in [0.29, 0.717) is 12.3 Å². The summed E-state index contributed by atoms with van der Waals surface area (Å²) in [6, 6.07) is 8.04. The lowest BCUT2D eigenvalue weighted by molar-refractivity contribution is 0.297. The topological polar surface area (TPSA) is 46.3 Å². The van der Waals surface area contributed by atoms with Gasteiger partial charge in [0.15, 0.2) is 0 Å². The molecule has 2 rings (SSSR count). The standard InChI is InChI=1S/C13H15NO2.2C2H6/c1-9-3-5-11(6-4-9)13-14-12(7-8-15)10(2)16-13;2*1-2/h3-6,15H,7-8H2,1-2H3;2*1-2H3. The molecule has 0 bridgehead atoms. The number of rotatable bonds is 3. The summed E-state index contributed by atoms with van der Waals surface area (Å²) in [5, 5.41) is 8.88. The third-order valence-corrected chi connectivity index (χ3v) is 2.54. The molecule has 0 aliphatic rings. The molecule has 0 atom stereocenters. The Balaban J connectivity index is 0.000000829. The second kappa shape index (κ2) is 10.2. The summed E-state index contributed by atoms with van der Waals surface area (Å²) in [6.07, 6.45) is 0.543. The van der Waals surface area contributed by atoms with E-state index in [1.54, 1.807) is 0 Å². The Labute approximate surface area is 122 Å². The van der Waals surface area contributed by atoms with Crippen LogP contribution in [0, 0.1) is 13.8 Å². The maximum atomic E-state index is 8.88. The monoisotopic (exact) mass is 277 g/mol. The fourth-order valence-corrected chi connectivity index (χ4v) is 1.59. The lowest BCUT2D eigenvalue weighted by Crippen LogP contribution is -1.92. The van der Waals surface area contributed by atoms with Gasteiger partial charge >= 0.3 is 0 Å². The molecule has 3 heteroatoms. The van der Waals surface area contributed by atoms with Gasteiger partial charge in [0.2, 0.25) is 5.89 Å². The number of aliphatic hydroxyl groups excluding tert-OH is 1. The molecule has 20 heavy (non-hydrogen) atoms. The Bertz CT molecular complexity index is 472. The summed E-state index contributed by atoms with van der Waals surface area (Å²) in [5.41, 5.74) is 3.01. The SMILES string of the molecule is CC.CC.Cc1ccc(-c2nc(CCO)c(C)o2)cc1. The van der Waals surface area contributed by atoms with Crippen molar-refractivity contribution in [3.8, 4) is 11.5 Å². The summed E-state index contributed by atoms with van der Waals surface area (Å²) >= 11 is 0. The highest BCUT2D eigenvalue weighted by molar-refractivity contribution is 5.54. The van der Waals surface area contributed by atoms with Gasteiger partial charge in [0, 0.05) is 18.6 Å². The second-order valence-corrected chi connectivity index (χ2v) is 3.86. The molecule has 3 nitrogen and oxygen atoms in total. The van der Waals surface area contributed by atoms with Gasteiger partial charge in [-0.3, -0.25) is 0 Å². The molecule has 1 N–H and O–H groups in total. The first-order chi connectivity index (χ1) is 9.70. The molecule has 0 saturated heterocycles. The molecule has 0 fully saturated rings. The van der Waals surface area contributed by atoms with Crippen LogP contribution in [-0.4, -0.2) is 16.7 Å². The van der Waals surface area contributed by atoms with Crippen LogP contribution in [0.25, 0.3) is 11.5 Å². The molecule has 0 amide bonds. The van der Waals surface area contributed by atoms with Crippen molar-refractivity contribution < 1.29 is 9.52 Å². The Morgan fingerprint density at radius 3 is 2.05 bits per heavy atom. The molecule has 0 radical (unpaired) electrons. The van der Waals surface area contributed by atoms with Crippen molar-refractivity contribution in [2.75, 3.05) is 6.61 Å². The molecule has 1 heterocycles. The molecule has 2 aromatic rings. The molecule has 0 unspecified atom stereocenters. The fourth-order valence-electron chi connectivity index (χ4n) is 1.59. The minimum atomic E-state index is 0.0979. The molecule has 0 aliphatic heterocycles. The summed E-state index contributed by atoms with van der Waals surface area (Å²) in [4.78, 5) is 4.37. The normalized spacial score (nSPS) is 9.15. The Hall–Kier alpha value is -1.61. The van der Waals surface area contributed by atoms with Crippen LogP contribution in [0.2, 0.25) is 0 Å². The van der Waals surface area contributed by atoms with E-state index in [1.807, 2.05) is 65.8 Å². The lowest BCUT2D eigenvalue weighted by Gasteiger charge is -1.95. The highest BCUT2D eigenvalue weighted by Gasteiger charge is 2.10. The quantitative estimate of drug-likeness (QED) is 0.895. The van der Waals surface area contributed by atoms with E-state index in [1.165, 1.54) is 5.56 Å². The summed E-state index contributed by atoms with van der Waals surface area (Å²) in [6.45, 7) is 12.0. The van der Waals surface area contributed by atoms with Crippen LogP contribution in [-0.2, 0) is 6.42 Å². The van der Waals surface area contributed by atoms with Crippen LogP contribution in [0.4, 0.5) is 0 Å². The van der Waals surface area contributed by atoms with Crippen LogP contribution in [0.5, 0.6) is 0 Å². The summed E-state index contributed by atoms with van der Waals surface area (Å²) in [7, 11) is 0. The van der Waals surface area contributed by atoms with Gasteiger partial charge in [-0.15, -0.1) is 0 Å². The van der Waals surface area contributed by atoms with E-state index in [2.05, 4.69) is 4.98 Å². The Kier molecular flexibility index (Phi) is 9.39. The summed E-state index contributed by atoms with van der Waals surface area (Å²) in [5.74, 6) is 1.41. The highest BCUT2D eigenvalue weighted by Crippen LogP contribution is 2.22. The molecule has 0 saturated carbocycles. The van der Waals surface area contributed by atoms with E-state index in [-0.39, 0.29) is 6.61 Å². The van der Waals surface area contributed by atoms with E-state index in [9.17, 15) is 0 Å². The molecule has 0 aliphatic carbocycles. The van der Waals surface area contributed by atoms with Gasteiger partial charge in [0.25, 0.3) is 0 Å². The van der Waals surface area contributed by atoms with Crippen LogP contribution in [0.1, 0.15) is 44.7 Å². The first-order valence-electron chi connectivity index (χ1n) is 7.35. The van der Waals surface area contributed by atoms with Gasteiger partial charge in [-0.2, -0.15) is 0 Å². The second-order valence-electron chi connectivity index (χ2n) is 3.86. The van der Waals surface area contributed by atoms with Crippen molar-refractivity contribution in [1.29, 1.82) is 0 Å². The van der Waals surface area contributed by atoms with Crippen molar-refractivity contribution in [2.24, 2.45) is 0 Å². The smallest absolute Gasteiger partial charge is 0.226 e. The Morgan fingerprint density at radius 1 is 1.00 bits per heavy atom. The summed E-state index contributed by atoms with van der Waals surface area (Å²) < 4.78 is 5.57. The van der Waals surface area contributed by atoms with Crippen molar-refractivity contribution in [3.05, 3.63) is 41.3 Å². The average molecular weight is 277 g/mol. The zero-order valence-electron chi connectivity index (χ0n) is 13.5. The van der Waals surface area contributed by atoms with Gasteiger partial charge in [-0.25, -0.2) is 4.98 Å². The zero-order chi connectivity index (χ0) is 15.5. The largest absolute Gasteiger partial charge is 0.441 e. The third kappa shape index (κ3) is 5.17. The van der Waals surface area contributed by atoms with Crippen molar-refractivity contribution in [1.82, 2.24) is 4.98 Å². The predicted molar refractivity (Wildman–Crippen MR) is 84.9 cm³/mol. The average Bonchev–Trinajstić information content (AvgIpc) is 2.86. The van der Waals surface area contributed by atoms with Gasteiger partial charge in [0.1, 0.15) is 5.76 Å². The van der Waals surface area contributed by atoms with Crippen LogP contribution in [0.15, 0.2) is 28.7 Å². The number of aromatic nitrogens is 1. The molecular weight excluding hydrogens is 250 g/mol. The van der Waals surface area contributed by atoms with Crippen LogP contribution in [0.3, 0.4) is 0 Å². The van der Waals surface area contributed by atoms with Gasteiger partial charge < -0.3 is 9.52 Å². The first-order valence-corrected chi connectivity index (χ1v) is 7.35. The number of nitrogens with zero attached hydrogens (tertiary/aromatic N) is 1. The van der Waals surface area contributed by atoms with E-state index < -0.39 is 0 Å². The van der Waals surface area contributed by atoms with Gasteiger partial charge in [-0.1, -0.05) is 45.4 Å². The maximum absolute atomic E-state index is 8.88. The minimum Gasteiger partial charge on any atom is -0.441 e. The lowest BCUT2D eigenvalue weighted by atomic mass is 10.1. The van der Waals surface area contributed by atoms with E-state index in [0.717, 1.165) is 17.0 Å². The van der Waals surface area contributed by atoms with Gasteiger partial charge in [-0.05, 0) is 26.0 Å². The molecule has 1 aromatic carbocycles. The zero-order valence-corrected chi connectivity index (χ0v) is 13.5. The number of oxazole rings is 1. The number of benzene rings is 1. The van der Waals surface area contributed by atoms with Crippen molar-refractivity contribution in [2.45, 2.75) is 48.0 Å². The first kappa shape index (κ1) is 18.4. The van der Waals surface area contributed by atoms with Crippen molar-refractivity contribution >= 4 is 0 Å². The van der Waals surface area contributed by atoms with E-state index in [4.69, 9.17) is 9.52 Å². The number of hydrogen-bond donors (Lipinski definition) is 1. The molecule has 1 aromatic heterocycles. The van der Waals surface area contributed by atoms with Crippen molar-refractivity contribution in [3.63, 3.8) is 0 Å². The fraction of sp³-hybridized carbons (Fsp3) is 0.471. The molecular formula is C17H27NO2. The van der Waals surface area contributed by atoms with E-state index >= 15 is 0 Å². The number of aryl methyl sites for hydroxylation is 2. The minimum absolute atomic E-state index is 0.0979. The molecule has 0 spiro atoms. The van der Waals surface area contributed by atoms with Crippen LogP contribution >= 0.6 is 0 Å².